The van der Waals surface area contributed by atoms with E-state index in [0.29, 0.717) is 17.0 Å². The number of carbonyl (C=O) groups is 2. The molecule has 0 unspecified atom stereocenters. The predicted molar refractivity (Wildman–Crippen MR) is 112 cm³/mol. The number of ether oxygens (including phenoxy) is 2. The summed E-state index contributed by atoms with van der Waals surface area (Å²) < 4.78 is 12.5. The minimum absolute atomic E-state index is 0.384. The van der Waals surface area contributed by atoms with Crippen LogP contribution in [-0.4, -0.2) is 30.2 Å². The van der Waals surface area contributed by atoms with E-state index in [4.69, 9.17) is 9.47 Å². The van der Waals surface area contributed by atoms with Gasteiger partial charge >= 0.3 is 5.97 Å². The van der Waals surface area contributed by atoms with Gasteiger partial charge in [0.15, 0.2) is 6.61 Å². The van der Waals surface area contributed by atoms with E-state index >= 15 is 0 Å². The molecule has 1 N–H and O–H groups in total. The molecule has 1 aromatic heterocycles. The second-order valence-corrected chi connectivity index (χ2v) is 6.78. The van der Waals surface area contributed by atoms with Gasteiger partial charge in [-0.2, -0.15) is 0 Å². The minimum Gasteiger partial charge on any atom is -0.495 e. The van der Waals surface area contributed by atoms with E-state index in [1.54, 1.807) is 18.2 Å². The van der Waals surface area contributed by atoms with Gasteiger partial charge in [0.2, 0.25) is 0 Å². The largest absolute Gasteiger partial charge is 0.495 e. The lowest BCUT2D eigenvalue weighted by atomic mass is 10.2. The molecule has 3 rings (SSSR count). The highest BCUT2D eigenvalue weighted by atomic mass is 16.5. The molecule has 0 radical (unpaired) electrons. The Morgan fingerprint density at radius 1 is 1.00 bits per heavy atom. The maximum Gasteiger partial charge on any atom is 0.340 e. The minimum atomic E-state index is -0.536. The van der Waals surface area contributed by atoms with Crippen molar-refractivity contribution in [3.63, 3.8) is 0 Å². The first kappa shape index (κ1) is 20.2. The third-order valence-electron chi connectivity index (χ3n) is 4.63. The lowest BCUT2D eigenvalue weighted by Crippen LogP contribution is -2.21. The zero-order valence-electron chi connectivity index (χ0n) is 17.0. The van der Waals surface area contributed by atoms with Gasteiger partial charge in [-0.25, -0.2) is 4.79 Å². The summed E-state index contributed by atoms with van der Waals surface area (Å²) in [6, 6.07) is 17.0. The Balaban J connectivity index is 1.69. The lowest BCUT2D eigenvalue weighted by molar-refractivity contribution is -0.119. The van der Waals surface area contributed by atoms with Crippen molar-refractivity contribution in [3.8, 4) is 11.4 Å². The first-order valence-corrected chi connectivity index (χ1v) is 9.26. The normalized spacial score (nSPS) is 10.5. The average Bonchev–Trinajstić information content (AvgIpc) is 3.01. The molecule has 6 nitrogen and oxygen atoms in total. The number of aromatic nitrogens is 1. The van der Waals surface area contributed by atoms with Crippen molar-refractivity contribution in [2.75, 3.05) is 19.0 Å². The summed E-state index contributed by atoms with van der Waals surface area (Å²) >= 11 is 0. The van der Waals surface area contributed by atoms with Crippen molar-refractivity contribution < 1.29 is 19.1 Å². The van der Waals surface area contributed by atoms with Gasteiger partial charge in [-0.1, -0.05) is 24.3 Å². The summed E-state index contributed by atoms with van der Waals surface area (Å²) in [5, 5.41) is 2.72. The molecule has 0 aliphatic carbocycles. The molecule has 0 aliphatic heterocycles. The van der Waals surface area contributed by atoms with Gasteiger partial charge in [0.25, 0.3) is 5.91 Å². The van der Waals surface area contributed by atoms with Gasteiger partial charge < -0.3 is 19.4 Å². The monoisotopic (exact) mass is 392 g/mol. The van der Waals surface area contributed by atoms with Crippen molar-refractivity contribution in [1.82, 2.24) is 4.57 Å². The number of methoxy groups -OCH3 is 1. The standard InChI is InChI=1S/C23H24N2O4/c1-15-10-11-21(28-4)20(12-15)24-22(26)14-29-23(27)19-13-16(2)25(17(19)3)18-8-6-5-7-9-18/h5-13H,14H2,1-4H3,(H,24,26). The molecule has 2 aromatic carbocycles. The zero-order valence-corrected chi connectivity index (χ0v) is 17.0. The number of esters is 1. The smallest absolute Gasteiger partial charge is 0.340 e. The van der Waals surface area contributed by atoms with Crippen LogP contribution in [0.1, 0.15) is 27.3 Å². The van der Waals surface area contributed by atoms with Crippen LogP contribution in [-0.2, 0) is 9.53 Å². The molecule has 1 amide bonds. The maximum absolute atomic E-state index is 12.6. The molecule has 0 bridgehead atoms. The molecule has 3 aromatic rings. The number of carbonyl (C=O) groups excluding carboxylic acids is 2. The summed E-state index contributed by atoms with van der Waals surface area (Å²) in [5.41, 5.74) is 4.59. The molecule has 0 spiro atoms. The molecule has 0 atom stereocenters. The fourth-order valence-electron chi connectivity index (χ4n) is 3.26. The number of aryl methyl sites for hydroxylation is 2. The molecule has 150 valence electrons. The van der Waals surface area contributed by atoms with Gasteiger partial charge in [0.1, 0.15) is 5.75 Å². The van der Waals surface area contributed by atoms with Gasteiger partial charge in [-0.05, 0) is 56.7 Å². The Morgan fingerprint density at radius 2 is 1.72 bits per heavy atom. The van der Waals surface area contributed by atoms with E-state index < -0.39 is 11.9 Å². The molecule has 0 aliphatic rings. The van der Waals surface area contributed by atoms with E-state index in [1.165, 1.54) is 7.11 Å². The number of nitrogens with zero attached hydrogens (tertiary/aromatic N) is 1. The van der Waals surface area contributed by atoms with Crippen LogP contribution in [0.25, 0.3) is 5.69 Å². The van der Waals surface area contributed by atoms with Gasteiger partial charge in [-0.3, -0.25) is 4.79 Å². The van der Waals surface area contributed by atoms with Crippen LogP contribution in [0.4, 0.5) is 5.69 Å². The van der Waals surface area contributed by atoms with E-state index in [1.807, 2.05) is 61.7 Å². The van der Waals surface area contributed by atoms with Crippen molar-refractivity contribution in [2.24, 2.45) is 0 Å². The number of hydrogen-bond acceptors (Lipinski definition) is 4. The average molecular weight is 392 g/mol. The Bertz CT molecular complexity index is 1040. The summed E-state index contributed by atoms with van der Waals surface area (Å²) in [4.78, 5) is 24.8. The summed E-state index contributed by atoms with van der Waals surface area (Å²) in [6.07, 6.45) is 0. The summed E-state index contributed by atoms with van der Waals surface area (Å²) in [7, 11) is 1.53. The van der Waals surface area contributed by atoms with E-state index in [9.17, 15) is 9.59 Å². The highest BCUT2D eigenvalue weighted by Gasteiger charge is 2.19. The Kier molecular flexibility index (Phi) is 6.02. The molecule has 6 heteroatoms. The molecule has 29 heavy (non-hydrogen) atoms. The predicted octanol–water partition coefficient (Wildman–Crippen LogP) is 4.21. The van der Waals surface area contributed by atoms with Crippen molar-refractivity contribution >= 4 is 17.6 Å². The number of nitrogens with one attached hydrogen (secondary N) is 1. The molecule has 0 saturated carbocycles. The Morgan fingerprint density at radius 3 is 2.41 bits per heavy atom. The molecular weight excluding hydrogens is 368 g/mol. The van der Waals surface area contributed by atoms with Crippen LogP contribution >= 0.6 is 0 Å². The number of benzene rings is 2. The second kappa shape index (κ2) is 8.65. The Labute approximate surface area is 170 Å². The molecule has 0 saturated heterocycles. The topological polar surface area (TPSA) is 69.6 Å². The highest BCUT2D eigenvalue weighted by molar-refractivity contribution is 5.97. The summed E-state index contributed by atoms with van der Waals surface area (Å²) in [5.74, 6) is -0.424. The second-order valence-electron chi connectivity index (χ2n) is 6.78. The highest BCUT2D eigenvalue weighted by Crippen LogP contribution is 2.25. The van der Waals surface area contributed by atoms with Crippen LogP contribution < -0.4 is 10.1 Å². The van der Waals surface area contributed by atoms with E-state index in [-0.39, 0.29) is 6.61 Å². The number of hydrogen-bond donors (Lipinski definition) is 1. The fourth-order valence-corrected chi connectivity index (χ4v) is 3.26. The number of amides is 1. The third kappa shape index (κ3) is 4.48. The molecule has 1 heterocycles. The lowest BCUT2D eigenvalue weighted by Gasteiger charge is -2.11. The molecular formula is C23H24N2O4. The SMILES string of the molecule is COc1ccc(C)cc1NC(=O)COC(=O)c1cc(C)n(-c2ccccc2)c1C. The van der Waals surface area contributed by atoms with E-state index in [0.717, 1.165) is 22.6 Å². The van der Waals surface area contributed by atoms with Crippen LogP contribution in [0, 0.1) is 20.8 Å². The fraction of sp³-hybridized carbons (Fsp3) is 0.217. The van der Waals surface area contributed by atoms with Crippen LogP contribution in [0.5, 0.6) is 5.75 Å². The van der Waals surface area contributed by atoms with Gasteiger partial charge in [0.05, 0.1) is 18.4 Å². The van der Waals surface area contributed by atoms with Crippen molar-refractivity contribution in [3.05, 3.63) is 77.1 Å². The van der Waals surface area contributed by atoms with E-state index in [2.05, 4.69) is 5.32 Å². The first-order valence-electron chi connectivity index (χ1n) is 9.26. The number of para-hydroxylation sites is 1. The molecule has 0 fully saturated rings. The van der Waals surface area contributed by atoms with Gasteiger partial charge in [-0.15, -0.1) is 0 Å². The van der Waals surface area contributed by atoms with Crippen LogP contribution in [0.2, 0.25) is 0 Å². The quantitative estimate of drug-likeness (QED) is 0.638. The summed E-state index contributed by atoms with van der Waals surface area (Å²) in [6.45, 7) is 5.31. The number of rotatable bonds is 6. The first-order chi connectivity index (χ1) is 13.9. The number of anilines is 1. The van der Waals surface area contributed by atoms with Crippen molar-refractivity contribution in [1.29, 1.82) is 0 Å². The third-order valence-corrected chi connectivity index (χ3v) is 4.63. The Hall–Kier alpha value is -3.54. The van der Waals surface area contributed by atoms with Crippen molar-refractivity contribution in [2.45, 2.75) is 20.8 Å². The van der Waals surface area contributed by atoms with Crippen LogP contribution in [0.15, 0.2) is 54.6 Å². The zero-order chi connectivity index (χ0) is 21.0. The van der Waals surface area contributed by atoms with Crippen LogP contribution in [0.3, 0.4) is 0 Å². The maximum atomic E-state index is 12.6. The van der Waals surface area contributed by atoms with Gasteiger partial charge in [0, 0.05) is 17.1 Å².